The third kappa shape index (κ3) is 1.03. The van der Waals surface area contributed by atoms with Crippen LogP contribution in [-0.2, 0) is 14.3 Å². The summed E-state index contributed by atoms with van der Waals surface area (Å²) in [4.78, 5) is 25.3. The molecule has 0 radical (unpaired) electrons. The minimum atomic E-state index is -1.17. The van der Waals surface area contributed by atoms with Gasteiger partial charge in [-0.05, 0) is 12.8 Å². The molecule has 1 aliphatic carbocycles. The molecule has 0 aromatic heterocycles. The maximum absolute atomic E-state index is 12.3. The number of aliphatic carboxylic acids is 1. The maximum atomic E-state index is 12.3. The number of carboxylic acid groups (broad SMARTS) is 1. The summed E-state index contributed by atoms with van der Waals surface area (Å²) in [5.41, 5.74) is -0.685. The maximum Gasteiger partial charge on any atom is 0.230 e. The molecule has 5 nitrogen and oxygen atoms in total. The fraction of sp³-hybridized carbons (Fsp3) is 0.667. The Balaban J connectivity index is 1.76. The third-order valence-corrected chi connectivity index (χ3v) is 4.39. The number of amides is 1. The zero-order valence-electron chi connectivity index (χ0n) is 9.17. The van der Waals surface area contributed by atoms with Crippen molar-refractivity contribution in [3.05, 3.63) is 12.2 Å². The van der Waals surface area contributed by atoms with Crippen molar-refractivity contribution >= 4 is 11.9 Å². The molecular formula is C12H12NO4-. The van der Waals surface area contributed by atoms with Crippen molar-refractivity contribution < 1.29 is 19.4 Å². The molecule has 2 bridgehead atoms. The van der Waals surface area contributed by atoms with E-state index in [-0.39, 0.29) is 5.91 Å². The van der Waals surface area contributed by atoms with Crippen molar-refractivity contribution in [3.63, 3.8) is 0 Å². The Kier molecular flexibility index (Phi) is 1.54. The van der Waals surface area contributed by atoms with E-state index in [1.54, 1.807) is 11.0 Å². The minimum absolute atomic E-state index is 0.0615. The van der Waals surface area contributed by atoms with Crippen LogP contribution in [0.4, 0.5) is 0 Å². The molecule has 5 heteroatoms. The zero-order chi connectivity index (χ0) is 11.8. The molecule has 17 heavy (non-hydrogen) atoms. The highest BCUT2D eigenvalue weighted by Gasteiger charge is 2.66. The molecule has 1 amide bonds. The van der Waals surface area contributed by atoms with Crippen LogP contribution in [0.15, 0.2) is 12.2 Å². The van der Waals surface area contributed by atoms with E-state index in [0.717, 1.165) is 12.8 Å². The first-order valence-electron chi connectivity index (χ1n) is 6.01. The summed E-state index contributed by atoms with van der Waals surface area (Å²) in [6.45, 7) is 0.512. The lowest BCUT2D eigenvalue weighted by atomic mass is 9.77. The summed E-state index contributed by atoms with van der Waals surface area (Å²) in [6.07, 6.45) is 5.22. The number of nitrogens with zero attached hydrogens (tertiary/aromatic N) is 1. The van der Waals surface area contributed by atoms with E-state index in [2.05, 4.69) is 0 Å². The number of ether oxygens (including phenoxy) is 1. The lowest BCUT2D eigenvalue weighted by Crippen LogP contribution is -2.45. The van der Waals surface area contributed by atoms with Crippen molar-refractivity contribution in [1.82, 2.24) is 4.90 Å². The van der Waals surface area contributed by atoms with Gasteiger partial charge in [-0.1, -0.05) is 12.2 Å². The number of carbonyl (C=O) groups excluding carboxylic acids is 2. The molecule has 1 saturated carbocycles. The number of hydrogen-bond donors (Lipinski definition) is 0. The van der Waals surface area contributed by atoms with E-state index >= 15 is 0 Å². The number of fused-ring (bicyclic) bond motifs is 1. The van der Waals surface area contributed by atoms with Gasteiger partial charge in [0.15, 0.2) is 0 Å². The fourth-order valence-corrected chi connectivity index (χ4v) is 3.49. The van der Waals surface area contributed by atoms with E-state index < -0.39 is 29.5 Å². The van der Waals surface area contributed by atoms with E-state index in [1.165, 1.54) is 0 Å². The van der Waals surface area contributed by atoms with Crippen molar-refractivity contribution in [1.29, 1.82) is 0 Å². The summed E-state index contributed by atoms with van der Waals surface area (Å²) in [6, 6.07) is 0.306. The number of carboxylic acids is 1. The van der Waals surface area contributed by atoms with E-state index in [9.17, 15) is 14.7 Å². The first-order valence-corrected chi connectivity index (χ1v) is 6.01. The quantitative estimate of drug-likeness (QED) is 0.556. The Hall–Kier alpha value is -1.36. The first-order chi connectivity index (χ1) is 8.12. The van der Waals surface area contributed by atoms with E-state index in [1.807, 2.05) is 6.08 Å². The van der Waals surface area contributed by atoms with E-state index in [0.29, 0.717) is 12.6 Å². The highest BCUT2D eigenvalue weighted by atomic mass is 16.5. The number of carbonyl (C=O) groups is 2. The van der Waals surface area contributed by atoms with Crippen LogP contribution >= 0.6 is 0 Å². The molecule has 0 unspecified atom stereocenters. The Morgan fingerprint density at radius 2 is 2.29 bits per heavy atom. The lowest BCUT2D eigenvalue weighted by Gasteiger charge is -2.24. The van der Waals surface area contributed by atoms with Crippen LogP contribution < -0.4 is 5.11 Å². The molecule has 3 heterocycles. The van der Waals surface area contributed by atoms with Crippen molar-refractivity contribution in [2.45, 2.75) is 30.6 Å². The van der Waals surface area contributed by atoms with Gasteiger partial charge >= 0.3 is 0 Å². The normalized spacial score (nSPS) is 46.7. The van der Waals surface area contributed by atoms with Crippen molar-refractivity contribution in [2.24, 2.45) is 11.8 Å². The van der Waals surface area contributed by atoms with Gasteiger partial charge in [-0.3, -0.25) is 4.79 Å². The second-order valence-corrected chi connectivity index (χ2v) is 5.42. The van der Waals surface area contributed by atoms with Gasteiger partial charge in [0.2, 0.25) is 5.91 Å². The van der Waals surface area contributed by atoms with Crippen LogP contribution in [0, 0.1) is 11.8 Å². The van der Waals surface area contributed by atoms with Crippen LogP contribution in [0.2, 0.25) is 0 Å². The first kappa shape index (κ1) is 9.65. The van der Waals surface area contributed by atoms with Crippen LogP contribution in [0.5, 0.6) is 0 Å². The van der Waals surface area contributed by atoms with Crippen LogP contribution in [0.25, 0.3) is 0 Å². The van der Waals surface area contributed by atoms with Gasteiger partial charge in [0, 0.05) is 17.9 Å². The molecular weight excluding hydrogens is 222 g/mol. The van der Waals surface area contributed by atoms with Gasteiger partial charge in [0.05, 0.1) is 18.6 Å². The molecule has 3 fully saturated rings. The predicted molar refractivity (Wildman–Crippen MR) is 53.5 cm³/mol. The summed E-state index contributed by atoms with van der Waals surface area (Å²) in [7, 11) is 0. The molecule has 4 atom stereocenters. The Bertz CT molecular complexity index is 455. The topological polar surface area (TPSA) is 69.7 Å². The molecule has 4 aliphatic rings. The van der Waals surface area contributed by atoms with Gasteiger partial charge in [-0.2, -0.15) is 0 Å². The molecule has 1 spiro atoms. The Morgan fingerprint density at radius 3 is 2.94 bits per heavy atom. The largest absolute Gasteiger partial charge is 0.550 e. The average molecular weight is 234 g/mol. The van der Waals surface area contributed by atoms with Crippen LogP contribution in [0.1, 0.15) is 12.8 Å². The lowest BCUT2D eigenvalue weighted by molar-refractivity contribution is -0.313. The van der Waals surface area contributed by atoms with Gasteiger partial charge in [0.25, 0.3) is 0 Å². The van der Waals surface area contributed by atoms with Crippen LogP contribution in [0.3, 0.4) is 0 Å². The highest BCUT2D eigenvalue weighted by Crippen LogP contribution is 2.53. The van der Waals surface area contributed by atoms with Gasteiger partial charge in [-0.25, -0.2) is 0 Å². The van der Waals surface area contributed by atoms with Gasteiger partial charge in [-0.15, -0.1) is 0 Å². The number of likely N-dealkylation sites (tertiary alicyclic amines) is 1. The molecule has 0 aromatic rings. The predicted octanol–water partition coefficient (Wildman–Crippen LogP) is -1.32. The number of hydrogen-bond acceptors (Lipinski definition) is 4. The van der Waals surface area contributed by atoms with E-state index in [4.69, 9.17) is 4.74 Å². The van der Waals surface area contributed by atoms with Crippen LogP contribution in [-0.4, -0.2) is 41.1 Å². The molecule has 0 aromatic carbocycles. The second kappa shape index (κ2) is 2.72. The molecule has 3 aliphatic heterocycles. The molecule has 90 valence electrons. The number of rotatable bonds is 2. The summed E-state index contributed by atoms with van der Waals surface area (Å²) in [5, 5.41) is 11.2. The Morgan fingerprint density at radius 1 is 1.53 bits per heavy atom. The Labute approximate surface area is 98.0 Å². The zero-order valence-corrected chi connectivity index (χ0v) is 9.17. The highest BCUT2D eigenvalue weighted by molar-refractivity contribution is 5.90. The minimum Gasteiger partial charge on any atom is -0.550 e. The van der Waals surface area contributed by atoms with Crippen molar-refractivity contribution in [2.75, 3.05) is 6.54 Å². The monoisotopic (exact) mass is 234 g/mol. The van der Waals surface area contributed by atoms with Gasteiger partial charge in [0.1, 0.15) is 5.60 Å². The molecule has 0 N–H and O–H groups in total. The second-order valence-electron chi connectivity index (χ2n) is 5.42. The fourth-order valence-electron chi connectivity index (χ4n) is 3.49. The molecule has 4 rings (SSSR count). The molecule has 2 saturated heterocycles. The third-order valence-electron chi connectivity index (χ3n) is 4.39. The standard InChI is InChI=1S/C12H13NO4/c14-10-9-8(11(15)16)7-3-4-12(9,17-7)5-13(10)6-1-2-6/h3-4,6-9H,1-2,5H2,(H,15,16)/p-1/t7-,8-,9-,12-/m1/s1. The van der Waals surface area contributed by atoms with Gasteiger partial charge < -0.3 is 19.5 Å². The average Bonchev–Trinajstić information content (AvgIpc) is 2.89. The van der Waals surface area contributed by atoms with Crippen molar-refractivity contribution in [3.8, 4) is 0 Å². The summed E-state index contributed by atoms with van der Waals surface area (Å²) >= 11 is 0. The smallest absolute Gasteiger partial charge is 0.230 e. The SMILES string of the molecule is O=C([O-])[C@@H]1[C@H]2C=C[C@]3(CN(C4CC4)C(=O)[C@@H]13)O2. The summed E-state index contributed by atoms with van der Waals surface area (Å²) in [5.74, 6) is -2.61. The summed E-state index contributed by atoms with van der Waals surface area (Å²) < 4.78 is 5.74.